The van der Waals surface area contributed by atoms with Gasteiger partial charge >= 0.3 is 5.97 Å². The molecule has 0 saturated carbocycles. The Hall–Kier alpha value is -0.900. The molecule has 0 aliphatic heterocycles. The molecule has 2 N–H and O–H groups in total. The highest BCUT2D eigenvalue weighted by atomic mass is 16.4. The fourth-order valence-electron chi connectivity index (χ4n) is 0.600. The van der Waals surface area contributed by atoms with Gasteiger partial charge in [0.25, 0.3) is 0 Å². The lowest BCUT2D eigenvalue weighted by Crippen LogP contribution is -2.35. The zero-order valence-electron chi connectivity index (χ0n) is 10.0. The number of aliphatic carboxylic acids is 1. The first-order valence-corrected chi connectivity index (χ1v) is 4.97. The third-order valence-electron chi connectivity index (χ3n) is 1.14. The highest BCUT2D eigenvalue weighted by Crippen LogP contribution is 1.91. The van der Waals surface area contributed by atoms with Crippen LogP contribution in [0.2, 0.25) is 0 Å². The second kappa shape index (κ2) is 14.6. The number of carbonyl (C=O) groups excluding carboxylic acids is 1. The van der Waals surface area contributed by atoms with Gasteiger partial charge in [0.1, 0.15) is 11.8 Å². The van der Waals surface area contributed by atoms with Crippen LogP contribution in [-0.4, -0.2) is 29.9 Å². The number of carboxylic acids is 1. The molecular weight excluding hydrogens is 182 g/mol. The summed E-state index contributed by atoms with van der Waals surface area (Å²) in [6.07, 6.45) is 0.0475. The van der Waals surface area contributed by atoms with Gasteiger partial charge in [0.05, 0.1) is 0 Å². The molecule has 0 aliphatic rings. The largest absolute Gasteiger partial charge is 0.480 e. The highest BCUT2D eigenvalue weighted by Gasteiger charge is 2.15. The summed E-state index contributed by atoms with van der Waals surface area (Å²) in [5, 5.41) is 10.9. The molecule has 1 atom stereocenters. The van der Waals surface area contributed by atoms with Gasteiger partial charge in [-0.3, -0.25) is 9.59 Å². The molecule has 0 rings (SSSR count). The number of hydrogen-bond acceptors (Lipinski definition) is 3. The summed E-state index contributed by atoms with van der Waals surface area (Å²) in [5.74, 6) is -1.11. The Morgan fingerprint density at radius 2 is 1.57 bits per heavy atom. The van der Waals surface area contributed by atoms with E-state index < -0.39 is 12.0 Å². The Bertz CT molecular complexity index is 146. The van der Waals surface area contributed by atoms with E-state index in [0.29, 0.717) is 0 Å². The number of hydrogen-bond donors (Lipinski definition) is 2. The molecule has 0 saturated heterocycles. The molecule has 0 aliphatic carbocycles. The summed E-state index contributed by atoms with van der Waals surface area (Å²) >= 11 is 0. The molecule has 0 bridgehead atoms. The molecule has 4 nitrogen and oxygen atoms in total. The van der Waals surface area contributed by atoms with E-state index in [2.05, 4.69) is 5.32 Å². The summed E-state index contributed by atoms with van der Waals surface area (Å²) in [6, 6.07) is -0.738. The Balaban J connectivity index is -0.000000266. The zero-order chi connectivity index (χ0) is 12.1. The molecule has 86 valence electrons. The maximum Gasteiger partial charge on any atom is 0.321 e. The van der Waals surface area contributed by atoms with Crippen LogP contribution >= 0.6 is 0 Å². The Morgan fingerprint density at radius 1 is 1.21 bits per heavy atom. The van der Waals surface area contributed by atoms with Crippen molar-refractivity contribution in [1.29, 1.82) is 0 Å². The van der Waals surface area contributed by atoms with Gasteiger partial charge in [-0.25, -0.2) is 0 Å². The van der Waals surface area contributed by atoms with Crippen LogP contribution in [0.5, 0.6) is 0 Å². The van der Waals surface area contributed by atoms with Crippen LogP contribution in [0.1, 0.15) is 41.0 Å². The number of carboxylic acid groups (broad SMARTS) is 1. The van der Waals surface area contributed by atoms with Crippen LogP contribution in [0.15, 0.2) is 0 Å². The summed E-state index contributed by atoms with van der Waals surface area (Å²) in [6.45, 7) is 9.37. The van der Waals surface area contributed by atoms with E-state index in [9.17, 15) is 9.59 Å². The molecule has 1 unspecified atom stereocenters. The van der Waals surface area contributed by atoms with Crippen LogP contribution < -0.4 is 5.32 Å². The molecule has 14 heavy (non-hydrogen) atoms. The topological polar surface area (TPSA) is 66.4 Å². The van der Waals surface area contributed by atoms with Gasteiger partial charge in [0, 0.05) is 6.42 Å². The smallest absolute Gasteiger partial charge is 0.321 e. The van der Waals surface area contributed by atoms with Crippen molar-refractivity contribution in [1.82, 2.24) is 5.32 Å². The number of Topliss-reactive ketones (excluding diaryl/α,β-unsaturated/α-hetero) is 1. The van der Waals surface area contributed by atoms with Gasteiger partial charge in [-0.2, -0.15) is 0 Å². The fraction of sp³-hybridized carbons (Fsp3) is 0.800. The molecule has 0 aromatic rings. The first-order chi connectivity index (χ1) is 6.57. The zero-order valence-corrected chi connectivity index (χ0v) is 10.0. The monoisotopic (exact) mass is 205 g/mol. The maximum atomic E-state index is 10.4. The molecule has 0 aromatic carbocycles. The van der Waals surface area contributed by atoms with Crippen molar-refractivity contribution >= 4 is 11.8 Å². The summed E-state index contributed by atoms with van der Waals surface area (Å²) in [7, 11) is 1.52. The highest BCUT2D eigenvalue weighted by molar-refractivity contribution is 5.84. The third kappa shape index (κ3) is 13.7. The maximum absolute atomic E-state index is 10.4. The fourth-order valence-corrected chi connectivity index (χ4v) is 0.600. The van der Waals surface area contributed by atoms with Crippen LogP contribution in [0, 0.1) is 0 Å². The van der Waals surface area contributed by atoms with Gasteiger partial charge in [0.15, 0.2) is 0 Å². The summed E-state index contributed by atoms with van der Waals surface area (Å²) in [5.41, 5.74) is 0. The predicted molar refractivity (Wildman–Crippen MR) is 58.5 cm³/mol. The average Bonchev–Trinajstić information content (AvgIpc) is 2.19. The van der Waals surface area contributed by atoms with Crippen molar-refractivity contribution in [2.75, 3.05) is 7.05 Å². The molecule has 0 spiro atoms. The second-order valence-corrected chi connectivity index (χ2v) is 2.09. The minimum atomic E-state index is -0.988. The Morgan fingerprint density at radius 3 is 1.64 bits per heavy atom. The van der Waals surface area contributed by atoms with E-state index in [1.807, 2.05) is 27.7 Å². The van der Waals surface area contributed by atoms with E-state index in [0.717, 1.165) is 0 Å². The molecule has 0 fully saturated rings. The average molecular weight is 205 g/mol. The quantitative estimate of drug-likeness (QED) is 0.733. The molecule has 0 aromatic heterocycles. The van der Waals surface area contributed by atoms with Crippen molar-refractivity contribution in [3.8, 4) is 0 Å². The first kappa shape index (κ1) is 18.8. The lowest BCUT2D eigenvalue weighted by molar-refractivity contribution is -0.140. The molecule has 0 radical (unpaired) electrons. The molecule has 0 heterocycles. The van der Waals surface area contributed by atoms with Crippen molar-refractivity contribution in [3.63, 3.8) is 0 Å². The van der Waals surface area contributed by atoms with E-state index in [4.69, 9.17) is 5.11 Å². The van der Waals surface area contributed by atoms with E-state index in [1.165, 1.54) is 14.0 Å². The minimum absolute atomic E-state index is 0.0475. The van der Waals surface area contributed by atoms with Gasteiger partial charge in [0.2, 0.25) is 0 Å². The number of likely N-dealkylation sites (N-methyl/N-ethyl adjacent to an activating group) is 1. The van der Waals surface area contributed by atoms with Gasteiger partial charge in [-0.05, 0) is 14.0 Å². The van der Waals surface area contributed by atoms with Gasteiger partial charge < -0.3 is 10.4 Å². The van der Waals surface area contributed by atoms with Crippen LogP contribution in [0.4, 0.5) is 0 Å². The summed E-state index contributed by atoms with van der Waals surface area (Å²) < 4.78 is 0. The number of nitrogens with one attached hydrogen (secondary N) is 1. The number of ketones is 1. The van der Waals surface area contributed by atoms with E-state index >= 15 is 0 Å². The van der Waals surface area contributed by atoms with Crippen LogP contribution in [0.3, 0.4) is 0 Å². The lowest BCUT2D eigenvalue weighted by atomic mass is 10.1. The second-order valence-electron chi connectivity index (χ2n) is 2.09. The van der Waals surface area contributed by atoms with Crippen LogP contribution in [0.25, 0.3) is 0 Å². The van der Waals surface area contributed by atoms with Crippen molar-refractivity contribution < 1.29 is 14.7 Å². The minimum Gasteiger partial charge on any atom is -0.480 e. The molecule has 4 heteroatoms. The van der Waals surface area contributed by atoms with Gasteiger partial charge in [-0.1, -0.05) is 27.7 Å². The van der Waals surface area contributed by atoms with E-state index in [-0.39, 0.29) is 12.2 Å². The molecule has 0 amide bonds. The molecular formula is C10H23NO3. The van der Waals surface area contributed by atoms with Crippen molar-refractivity contribution in [3.05, 3.63) is 0 Å². The normalized spacial score (nSPS) is 9.86. The van der Waals surface area contributed by atoms with Gasteiger partial charge in [-0.15, -0.1) is 0 Å². The number of carbonyl (C=O) groups is 2. The Labute approximate surface area is 86.7 Å². The summed E-state index contributed by atoms with van der Waals surface area (Å²) in [4.78, 5) is 20.7. The predicted octanol–water partition coefficient (Wildman–Crippen LogP) is 1.69. The van der Waals surface area contributed by atoms with Crippen LogP contribution in [-0.2, 0) is 9.59 Å². The SMILES string of the molecule is CC.CC.CNC(CC(C)=O)C(=O)O. The third-order valence-corrected chi connectivity index (χ3v) is 1.14. The standard InChI is InChI=1S/C6H11NO3.2C2H6/c1-4(8)3-5(7-2)6(9)10;2*1-2/h5,7H,3H2,1-2H3,(H,9,10);2*1-2H3. The van der Waals surface area contributed by atoms with Crippen molar-refractivity contribution in [2.45, 2.75) is 47.1 Å². The lowest BCUT2D eigenvalue weighted by Gasteiger charge is -2.06. The first-order valence-electron chi connectivity index (χ1n) is 4.97. The Kier molecular flexibility index (Phi) is 19.6. The van der Waals surface area contributed by atoms with Crippen molar-refractivity contribution in [2.24, 2.45) is 0 Å². The number of rotatable bonds is 4. The van der Waals surface area contributed by atoms with E-state index in [1.54, 1.807) is 0 Å².